The highest BCUT2D eigenvalue weighted by Crippen LogP contribution is 2.04. The van der Waals surface area contributed by atoms with Gasteiger partial charge < -0.3 is 0 Å². The molecular formula is C10H15NSi. The molecule has 12 heavy (non-hydrogen) atoms. The second-order valence-corrected chi connectivity index (χ2v) is 8.73. The van der Waals surface area contributed by atoms with Crippen LogP contribution in [0.15, 0.2) is 16.6 Å². The summed E-state index contributed by atoms with van der Waals surface area (Å²) in [6, 6.07) is 0. The average Bonchev–Trinajstić information content (AvgIpc) is 2.02. The second-order valence-electron chi connectivity index (χ2n) is 3.98. The summed E-state index contributed by atoms with van der Waals surface area (Å²) in [7, 11) is -1.19. The molecule has 0 saturated heterocycles. The van der Waals surface area contributed by atoms with Gasteiger partial charge in [-0.2, -0.15) is 0 Å². The Bertz CT molecular complexity index is 270. The van der Waals surface area contributed by atoms with Crippen LogP contribution in [0.3, 0.4) is 0 Å². The van der Waals surface area contributed by atoms with E-state index in [2.05, 4.69) is 42.2 Å². The first-order valence-corrected chi connectivity index (χ1v) is 7.78. The average molecular weight is 177 g/mol. The molecule has 0 radical (unpaired) electrons. The molecule has 0 amide bonds. The van der Waals surface area contributed by atoms with Crippen LogP contribution in [0.25, 0.3) is 0 Å². The van der Waals surface area contributed by atoms with E-state index in [1.807, 2.05) is 6.21 Å². The number of nitrogens with zero attached hydrogens (tertiary/aromatic N) is 1. The fraction of sp³-hybridized carbons (Fsp3) is 0.500. The monoisotopic (exact) mass is 177 g/mol. The van der Waals surface area contributed by atoms with Crippen molar-refractivity contribution in [1.82, 2.24) is 0 Å². The molecule has 64 valence electrons. The number of allylic oxidation sites excluding steroid dienone is 1. The summed E-state index contributed by atoms with van der Waals surface area (Å²) in [5, 5.41) is 0. The van der Waals surface area contributed by atoms with Crippen molar-refractivity contribution in [2.75, 3.05) is 6.54 Å². The molecule has 1 heterocycles. The minimum atomic E-state index is -1.19. The highest BCUT2D eigenvalue weighted by molar-refractivity contribution is 6.83. The van der Waals surface area contributed by atoms with Gasteiger partial charge in [-0.05, 0) is 0 Å². The molecule has 0 unspecified atom stereocenters. The number of hydrogen-bond donors (Lipinski definition) is 0. The van der Waals surface area contributed by atoms with Crippen LogP contribution in [0.4, 0.5) is 0 Å². The van der Waals surface area contributed by atoms with Crippen molar-refractivity contribution in [3.05, 3.63) is 11.6 Å². The van der Waals surface area contributed by atoms with Gasteiger partial charge in [-0.15, -0.1) is 5.54 Å². The van der Waals surface area contributed by atoms with E-state index in [1.54, 1.807) is 0 Å². The summed E-state index contributed by atoms with van der Waals surface area (Å²) in [5.74, 6) is 3.24. The first kappa shape index (κ1) is 9.28. The number of aliphatic imine (C=N–C) groups is 1. The van der Waals surface area contributed by atoms with Crippen LogP contribution >= 0.6 is 0 Å². The molecule has 1 nitrogen and oxygen atoms in total. The maximum Gasteiger partial charge on any atom is 0.129 e. The van der Waals surface area contributed by atoms with Crippen LogP contribution in [0, 0.1) is 11.5 Å². The third-order valence-corrected chi connectivity index (χ3v) is 2.36. The van der Waals surface area contributed by atoms with Gasteiger partial charge >= 0.3 is 0 Å². The maximum atomic E-state index is 4.11. The molecule has 0 saturated carbocycles. The van der Waals surface area contributed by atoms with Crippen molar-refractivity contribution in [3.63, 3.8) is 0 Å². The number of dihydropyridines is 1. The Hall–Kier alpha value is -0.813. The third-order valence-electron chi connectivity index (χ3n) is 1.48. The van der Waals surface area contributed by atoms with E-state index in [-0.39, 0.29) is 0 Å². The topological polar surface area (TPSA) is 12.4 Å². The molecule has 0 aromatic rings. The quantitative estimate of drug-likeness (QED) is 0.397. The van der Waals surface area contributed by atoms with E-state index >= 15 is 0 Å². The molecule has 1 aliphatic rings. The summed E-state index contributed by atoms with van der Waals surface area (Å²) in [6.45, 7) is 7.60. The summed E-state index contributed by atoms with van der Waals surface area (Å²) in [4.78, 5) is 4.11. The zero-order valence-electron chi connectivity index (χ0n) is 8.02. The van der Waals surface area contributed by atoms with Gasteiger partial charge in [0.1, 0.15) is 8.07 Å². The van der Waals surface area contributed by atoms with Gasteiger partial charge in [0.15, 0.2) is 0 Å². The minimum absolute atomic E-state index is 0.815. The molecule has 1 rings (SSSR count). The lowest BCUT2D eigenvalue weighted by molar-refractivity contribution is 1.16. The second kappa shape index (κ2) is 3.73. The SMILES string of the molecule is C[Si](C)(C)C#CC1=CCN=CC1. The standard InChI is InChI=1S/C10H15NSi/c1-12(2,3)9-6-10-4-7-11-8-5-10/h4,8H,5,7H2,1-3H3. The van der Waals surface area contributed by atoms with Gasteiger partial charge in [-0.1, -0.05) is 31.6 Å². The lowest BCUT2D eigenvalue weighted by Gasteiger charge is -2.05. The Morgan fingerprint density at radius 1 is 1.42 bits per heavy atom. The van der Waals surface area contributed by atoms with E-state index in [4.69, 9.17) is 0 Å². The van der Waals surface area contributed by atoms with Gasteiger partial charge in [-0.25, -0.2) is 0 Å². The summed E-state index contributed by atoms with van der Waals surface area (Å²) < 4.78 is 0. The van der Waals surface area contributed by atoms with Crippen molar-refractivity contribution < 1.29 is 0 Å². The summed E-state index contributed by atoms with van der Waals surface area (Å²) >= 11 is 0. The minimum Gasteiger partial charge on any atom is -0.293 e. The summed E-state index contributed by atoms with van der Waals surface area (Å²) in [6.07, 6.45) is 5.00. The Morgan fingerprint density at radius 2 is 2.17 bits per heavy atom. The predicted octanol–water partition coefficient (Wildman–Crippen LogP) is 2.27. The van der Waals surface area contributed by atoms with Crippen LogP contribution in [0.1, 0.15) is 6.42 Å². The van der Waals surface area contributed by atoms with Crippen molar-refractivity contribution in [2.45, 2.75) is 26.1 Å². The number of hydrogen-bond acceptors (Lipinski definition) is 1. The van der Waals surface area contributed by atoms with Crippen LogP contribution in [-0.4, -0.2) is 20.8 Å². The van der Waals surface area contributed by atoms with Gasteiger partial charge in [-0.3, -0.25) is 4.99 Å². The maximum absolute atomic E-state index is 4.11. The Morgan fingerprint density at radius 3 is 2.67 bits per heavy atom. The zero-order valence-corrected chi connectivity index (χ0v) is 9.02. The molecule has 0 spiro atoms. The predicted molar refractivity (Wildman–Crippen MR) is 57.2 cm³/mol. The van der Waals surface area contributed by atoms with E-state index in [0.29, 0.717) is 0 Å². The molecule has 0 atom stereocenters. The highest BCUT2D eigenvalue weighted by atomic mass is 28.3. The van der Waals surface area contributed by atoms with Gasteiger partial charge in [0.05, 0.1) is 6.54 Å². The van der Waals surface area contributed by atoms with Gasteiger partial charge in [0.25, 0.3) is 0 Å². The van der Waals surface area contributed by atoms with E-state index < -0.39 is 8.07 Å². The first-order chi connectivity index (χ1) is 5.58. The van der Waals surface area contributed by atoms with E-state index in [0.717, 1.165) is 13.0 Å². The lowest BCUT2D eigenvalue weighted by Crippen LogP contribution is -2.16. The largest absolute Gasteiger partial charge is 0.293 e. The van der Waals surface area contributed by atoms with Gasteiger partial charge in [0, 0.05) is 18.2 Å². The van der Waals surface area contributed by atoms with Crippen LogP contribution in [0.2, 0.25) is 19.6 Å². The van der Waals surface area contributed by atoms with Crippen molar-refractivity contribution >= 4 is 14.3 Å². The van der Waals surface area contributed by atoms with Crippen molar-refractivity contribution in [1.29, 1.82) is 0 Å². The molecule has 0 bridgehead atoms. The van der Waals surface area contributed by atoms with Crippen LogP contribution in [-0.2, 0) is 0 Å². The fourth-order valence-corrected chi connectivity index (χ4v) is 1.39. The van der Waals surface area contributed by atoms with Crippen LogP contribution < -0.4 is 0 Å². The van der Waals surface area contributed by atoms with Gasteiger partial charge in [0.2, 0.25) is 0 Å². The normalized spacial score (nSPS) is 16.4. The molecular weight excluding hydrogens is 162 g/mol. The Labute approximate surface area is 75.6 Å². The Balaban J connectivity index is 2.60. The fourth-order valence-electron chi connectivity index (χ4n) is 0.854. The number of rotatable bonds is 0. The molecule has 0 aromatic heterocycles. The van der Waals surface area contributed by atoms with E-state index in [1.165, 1.54) is 5.57 Å². The molecule has 0 aromatic carbocycles. The van der Waals surface area contributed by atoms with E-state index in [9.17, 15) is 0 Å². The molecule has 0 aliphatic carbocycles. The lowest BCUT2D eigenvalue weighted by atomic mass is 10.2. The molecule has 0 N–H and O–H groups in total. The highest BCUT2D eigenvalue weighted by Gasteiger charge is 2.07. The first-order valence-electron chi connectivity index (χ1n) is 4.28. The Kier molecular flexibility index (Phi) is 2.88. The molecule has 1 aliphatic heterocycles. The smallest absolute Gasteiger partial charge is 0.129 e. The van der Waals surface area contributed by atoms with Crippen molar-refractivity contribution in [2.24, 2.45) is 4.99 Å². The zero-order chi connectivity index (χ0) is 9.03. The summed E-state index contributed by atoms with van der Waals surface area (Å²) in [5.41, 5.74) is 4.59. The molecule has 2 heteroatoms. The molecule has 0 fully saturated rings. The van der Waals surface area contributed by atoms with Crippen molar-refractivity contribution in [3.8, 4) is 11.5 Å². The van der Waals surface area contributed by atoms with Crippen LogP contribution in [0.5, 0.6) is 0 Å². The third kappa shape index (κ3) is 3.54.